The van der Waals surface area contributed by atoms with Crippen molar-refractivity contribution in [1.82, 2.24) is 19.9 Å². The lowest BCUT2D eigenvalue weighted by molar-refractivity contribution is -0.136. The number of carbonyl (C=O) groups excluding carboxylic acids is 2. The Hall–Kier alpha value is -2.30. The number of fused-ring (bicyclic) bond motifs is 1. The third-order valence-electron chi connectivity index (χ3n) is 4.61. The lowest BCUT2D eigenvalue weighted by Crippen LogP contribution is -2.46. The smallest absolute Gasteiger partial charge is 0.279 e. The molecule has 0 saturated carbocycles. The number of hydrogen-bond acceptors (Lipinski definition) is 8. The van der Waals surface area contributed by atoms with Gasteiger partial charge in [0.05, 0.1) is 25.5 Å². The van der Waals surface area contributed by atoms with Gasteiger partial charge >= 0.3 is 0 Å². The molecule has 27 heavy (non-hydrogen) atoms. The van der Waals surface area contributed by atoms with Gasteiger partial charge in [0.25, 0.3) is 5.91 Å². The second-order valence-corrected chi connectivity index (χ2v) is 7.70. The summed E-state index contributed by atoms with van der Waals surface area (Å²) in [5.74, 6) is 0.387. The fourth-order valence-corrected chi connectivity index (χ4v) is 4.22. The molecule has 0 spiro atoms. The van der Waals surface area contributed by atoms with Gasteiger partial charge in [-0.1, -0.05) is 5.16 Å². The van der Waals surface area contributed by atoms with E-state index in [1.54, 1.807) is 13.0 Å². The number of nitrogens with one attached hydrogen (secondary N) is 1. The summed E-state index contributed by atoms with van der Waals surface area (Å²) in [6.07, 6.45) is 0.765. The highest BCUT2D eigenvalue weighted by atomic mass is 32.1. The number of anilines is 1. The van der Waals surface area contributed by atoms with Crippen LogP contribution in [0.4, 0.5) is 5.13 Å². The summed E-state index contributed by atoms with van der Waals surface area (Å²) in [5, 5.41) is 7.04. The lowest BCUT2D eigenvalue weighted by atomic mass is 10.2. The number of ether oxygens (including phenoxy) is 1. The molecule has 2 aromatic heterocycles. The topological polar surface area (TPSA) is 101 Å². The second-order valence-electron chi connectivity index (χ2n) is 6.62. The molecule has 0 aliphatic carbocycles. The fraction of sp³-hybridized carbons (Fsp3) is 0.529. The van der Waals surface area contributed by atoms with Crippen LogP contribution in [0, 0.1) is 6.92 Å². The molecule has 10 heteroatoms. The molecule has 4 heterocycles. The zero-order valence-corrected chi connectivity index (χ0v) is 15.9. The Kier molecular flexibility index (Phi) is 5.19. The second kappa shape index (κ2) is 7.75. The number of amides is 2. The van der Waals surface area contributed by atoms with Crippen molar-refractivity contribution >= 4 is 28.3 Å². The number of aryl methyl sites for hydroxylation is 1. The van der Waals surface area contributed by atoms with Crippen molar-refractivity contribution in [3.63, 3.8) is 0 Å². The number of carbonyl (C=O) groups is 2. The summed E-state index contributed by atoms with van der Waals surface area (Å²) in [6.45, 7) is 6.13. The quantitative estimate of drug-likeness (QED) is 0.827. The van der Waals surface area contributed by atoms with Gasteiger partial charge in [-0.05, 0) is 6.92 Å². The standard InChI is InChI=1S/C17H21N5O4S/c1-11-8-13(20-26-11)16(24)19-17-18-12-2-3-21(9-14(12)27-17)10-15(23)22-4-6-25-7-5-22/h8H,2-7,9-10H2,1H3,(H,18,19,24). The fourth-order valence-electron chi connectivity index (χ4n) is 3.18. The summed E-state index contributed by atoms with van der Waals surface area (Å²) in [4.78, 5) is 34.2. The maximum absolute atomic E-state index is 12.4. The monoisotopic (exact) mass is 391 g/mol. The molecule has 9 nitrogen and oxygen atoms in total. The van der Waals surface area contributed by atoms with Crippen LogP contribution in [0.1, 0.15) is 26.8 Å². The Morgan fingerprint density at radius 1 is 1.30 bits per heavy atom. The Bertz CT molecular complexity index is 842. The van der Waals surface area contributed by atoms with Crippen LogP contribution in [0.5, 0.6) is 0 Å². The summed E-state index contributed by atoms with van der Waals surface area (Å²) in [7, 11) is 0. The lowest BCUT2D eigenvalue weighted by Gasteiger charge is -2.31. The molecule has 1 fully saturated rings. The van der Waals surface area contributed by atoms with Crippen molar-refractivity contribution in [2.75, 3.05) is 44.7 Å². The minimum Gasteiger partial charge on any atom is -0.378 e. The molecule has 0 atom stereocenters. The molecule has 144 valence electrons. The summed E-state index contributed by atoms with van der Waals surface area (Å²) in [6, 6.07) is 1.59. The van der Waals surface area contributed by atoms with E-state index in [0.29, 0.717) is 50.3 Å². The Morgan fingerprint density at radius 3 is 2.85 bits per heavy atom. The van der Waals surface area contributed by atoms with Crippen LogP contribution in [-0.4, -0.2) is 71.1 Å². The summed E-state index contributed by atoms with van der Waals surface area (Å²) in [5.41, 5.74) is 1.22. The first-order valence-electron chi connectivity index (χ1n) is 8.89. The zero-order valence-electron chi connectivity index (χ0n) is 15.1. The van der Waals surface area contributed by atoms with E-state index in [2.05, 4.69) is 20.4 Å². The SMILES string of the molecule is Cc1cc(C(=O)Nc2nc3c(s2)CN(CC(=O)N2CCOCC2)CC3)no1. The van der Waals surface area contributed by atoms with Crippen molar-refractivity contribution in [1.29, 1.82) is 0 Å². The zero-order chi connectivity index (χ0) is 18.8. The highest BCUT2D eigenvalue weighted by Crippen LogP contribution is 2.28. The van der Waals surface area contributed by atoms with Gasteiger partial charge in [0, 0.05) is 43.5 Å². The van der Waals surface area contributed by atoms with Crippen LogP contribution in [0.3, 0.4) is 0 Å². The van der Waals surface area contributed by atoms with Crippen molar-refractivity contribution in [2.24, 2.45) is 0 Å². The highest BCUT2D eigenvalue weighted by molar-refractivity contribution is 7.15. The van der Waals surface area contributed by atoms with Crippen molar-refractivity contribution < 1.29 is 18.8 Å². The number of thiazole rings is 1. The molecule has 4 rings (SSSR count). The predicted molar refractivity (Wildman–Crippen MR) is 97.7 cm³/mol. The van der Waals surface area contributed by atoms with Crippen molar-refractivity contribution in [3.05, 3.63) is 28.1 Å². The van der Waals surface area contributed by atoms with Gasteiger partial charge in [0.2, 0.25) is 5.91 Å². The van der Waals surface area contributed by atoms with E-state index < -0.39 is 0 Å². The maximum Gasteiger partial charge on any atom is 0.279 e. The first kappa shape index (κ1) is 18.1. The van der Waals surface area contributed by atoms with E-state index in [9.17, 15) is 9.59 Å². The number of nitrogens with zero attached hydrogens (tertiary/aromatic N) is 4. The predicted octanol–water partition coefficient (Wildman–Crippen LogP) is 0.909. The van der Waals surface area contributed by atoms with Crippen LogP contribution in [0.2, 0.25) is 0 Å². The van der Waals surface area contributed by atoms with Crippen LogP contribution in [0.15, 0.2) is 10.6 Å². The van der Waals surface area contributed by atoms with Crippen LogP contribution in [0.25, 0.3) is 0 Å². The first-order chi connectivity index (χ1) is 13.1. The van der Waals surface area contributed by atoms with Gasteiger partial charge in [-0.25, -0.2) is 4.98 Å². The molecule has 2 aromatic rings. The van der Waals surface area contributed by atoms with Gasteiger partial charge in [0.15, 0.2) is 10.8 Å². The molecular weight excluding hydrogens is 370 g/mol. The highest BCUT2D eigenvalue weighted by Gasteiger charge is 2.25. The van der Waals surface area contributed by atoms with E-state index in [4.69, 9.17) is 9.26 Å². The van der Waals surface area contributed by atoms with E-state index >= 15 is 0 Å². The molecule has 2 aliphatic rings. The van der Waals surface area contributed by atoms with E-state index in [-0.39, 0.29) is 17.5 Å². The van der Waals surface area contributed by atoms with Gasteiger partial charge < -0.3 is 14.2 Å². The average Bonchev–Trinajstić information content (AvgIpc) is 3.27. The van der Waals surface area contributed by atoms with E-state index in [1.807, 2.05) is 4.90 Å². The summed E-state index contributed by atoms with van der Waals surface area (Å²) >= 11 is 1.44. The minimum absolute atomic E-state index is 0.140. The van der Waals surface area contributed by atoms with Crippen molar-refractivity contribution in [2.45, 2.75) is 19.9 Å². The van der Waals surface area contributed by atoms with Gasteiger partial charge in [-0.3, -0.25) is 19.8 Å². The molecule has 0 bridgehead atoms. The maximum atomic E-state index is 12.4. The molecule has 1 saturated heterocycles. The van der Waals surface area contributed by atoms with Crippen LogP contribution < -0.4 is 5.32 Å². The van der Waals surface area contributed by atoms with Crippen LogP contribution in [-0.2, 0) is 22.5 Å². The number of morpholine rings is 1. The van der Waals surface area contributed by atoms with Gasteiger partial charge in [-0.15, -0.1) is 11.3 Å². The van der Waals surface area contributed by atoms with Crippen LogP contribution >= 0.6 is 11.3 Å². The third-order valence-corrected chi connectivity index (χ3v) is 5.61. The third kappa shape index (κ3) is 4.18. The number of rotatable bonds is 4. The number of aromatic nitrogens is 2. The van der Waals surface area contributed by atoms with E-state index in [0.717, 1.165) is 23.5 Å². The molecule has 0 aromatic carbocycles. The Balaban J connectivity index is 1.36. The van der Waals surface area contributed by atoms with Gasteiger partial charge in [0.1, 0.15) is 5.76 Å². The Morgan fingerprint density at radius 2 is 2.11 bits per heavy atom. The molecule has 1 N–H and O–H groups in total. The molecule has 2 aliphatic heterocycles. The van der Waals surface area contributed by atoms with E-state index in [1.165, 1.54) is 11.3 Å². The van der Waals surface area contributed by atoms with Crippen molar-refractivity contribution in [3.8, 4) is 0 Å². The molecule has 2 amide bonds. The molecular formula is C17H21N5O4S. The largest absolute Gasteiger partial charge is 0.378 e. The average molecular weight is 391 g/mol. The molecule has 0 radical (unpaired) electrons. The normalized spacial score (nSPS) is 17.6. The minimum atomic E-state index is -0.336. The first-order valence-corrected chi connectivity index (χ1v) is 9.71. The Labute approximate surface area is 160 Å². The van der Waals surface area contributed by atoms with Gasteiger partial charge in [-0.2, -0.15) is 0 Å². The number of hydrogen-bond donors (Lipinski definition) is 1. The molecule has 0 unspecified atom stereocenters. The summed E-state index contributed by atoms with van der Waals surface area (Å²) < 4.78 is 10.2.